The number of nitrogens with zero attached hydrogens (tertiary/aromatic N) is 1. The Kier molecular flexibility index (Phi) is 23.8. The number of hydrogen-bond acceptors (Lipinski definition) is 15. The van der Waals surface area contributed by atoms with Crippen molar-refractivity contribution in [1.29, 1.82) is 0 Å². The second-order valence-electron chi connectivity index (χ2n) is 19.5. The summed E-state index contributed by atoms with van der Waals surface area (Å²) in [7, 11) is 0. The maximum Gasteiger partial charge on any atom is 0.245 e. The molecule has 0 bridgehead atoms. The SMILES string of the molecule is C[C@@H](O)[C@H](NC(=O)[C@@H](NC(=O)[C@@H](NC(=O)[C@H](CCCN=C(N)N)NC(=O)[C@@H](Cc1c[nH]c2ccccc12)NC(=O)[C@H](Cc1ccc(O)cc1)NC(=O)[C@H](CS)NC(=O)[C@@H](N)[C@@H](C)c1ccccc1)[C@@H](C)O)C(C)(C)S)C(N)=O. The fourth-order valence-electron chi connectivity index (χ4n) is 8.17. The largest absolute Gasteiger partial charge is 0.508 e. The second kappa shape index (κ2) is 29.4. The number of aromatic hydroxyl groups is 1. The van der Waals surface area contributed by atoms with Gasteiger partial charge in [-0.25, -0.2) is 0 Å². The first kappa shape index (κ1) is 63.1. The first-order valence-electron chi connectivity index (χ1n) is 25.0. The summed E-state index contributed by atoms with van der Waals surface area (Å²) in [4.78, 5) is 118. The first-order valence-corrected chi connectivity index (χ1v) is 26.1. The third kappa shape index (κ3) is 18.7. The van der Waals surface area contributed by atoms with Gasteiger partial charge in [0.2, 0.25) is 47.3 Å². The molecule has 3 aromatic carbocycles. The van der Waals surface area contributed by atoms with Crippen molar-refractivity contribution in [2.45, 2.75) is 132 Å². The average Bonchev–Trinajstić information content (AvgIpc) is 3.81. The summed E-state index contributed by atoms with van der Waals surface area (Å²) in [5.41, 5.74) is 25.3. The maximum atomic E-state index is 14.8. The molecule has 0 spiro atoms. The molecular formula is C52H73N13O11S2. The van der Waals surface area contributed by atoms with Gasteiger partial charge in [-0.15, -0.1) is 0 Å². The van der Waals surface area contributed by atoms with Crippen LogP contribution in [0.5, 0.6) is 5.75 Å². The molecule has 1 heterocycles. The zero-order chi connectivity index (χ0) is 58.0. The second-order valence-corrected chi connectivity index (χ2v) is 21.0. The molecule has 11 atom stereocenters. The van der Waals surface area contributed by atoms with Crippen molar-refractivity contribution in [3.8, 4) is 5.75 Å². The number of amides is 8. The normalized spacial score (nSPS) is 15.7. The number of aliphatic imine (C=N–C) groups is 1. The van der Waals surface area contributed by atoms with Crippen LogP contribution in [-0.2, 0) is 51.2 Å². The van der Waals surface area contributed by atoms with E-state index < -0.39 is 118 Å². The quantitative estimate of drug-likeness (QED) is 0.0123. The Morgan fingerprint density at radius 2 is 1.17 bits per heavy atom. The highest BCUT2D eigenvalue weighted by Gasteiger charge is 2.40. The third-order valence-electron chi connectivity index (χ3n) is 12.7. The highest BCUT2D eigenvalue weighted by atomic mass is 32.1. The van der Waals surface area contributed by atoms with Crippen LogP contribution in [0.15, 0.2) is 90.1 Å². The summed E-state index contributed by atoms with van der Waals surface area (Å²) in [5.74, 6) is -8.40. The monoisotopic (exact) mass is 1120 g/mol. The lowest BCUT2D eigenvalue weighted by atomic mass is 9.93. The van der Waals surface area contributed by atoms with E-state index in [9.17, 15) is 53.7 Å². The number of carbonyl (C=O) groups is 8. The molecular weight excluding hydrogens is 1050 g/mol. The number of nitrogens with one attached hydrogen (secondary N) is 8. The number of aromatic amines is 1. The average molecular weight is 1120 g/mol. The molecule has 0 aliphatic carbocycles. The third-order valence-corrected chi connectivity index (χ3v) is 13.3. The van der Waals surface area contributed by atoms with E-state index in [1.54, 1.807) is 49.5 Å². The van der Waals surface area contributed by atoms with Crippen molar-refractivity contribution < 1.29 is 53.7 Å². The minimum absolute atomic E-state index is 0.0191. The summed E-state index contributed by atoms with van der Waals surface area (Å²) in [6.45, 7) is 7.06. The van der Waals surface area contributed by atoms with Gasteiger partial charge < -0.3 is 80.5 Å². The van der Waals surface area contributed by atoms with Crippen molar-refractivity contribution in [3.63, 3.8) is 0 Å². The van der Waals surface area contributed by atoms with Gasteiger partial charge in [0.15, 0.2) is 5.96 Å². The Balaban J connectivity index is 1.68. The minimum atomic E-state index is -1.79. The molecule has 78 heavy (non-hydrogen) atoms. The highest BCUT2D eigenvalue weighted by molar-refractivity contribution is 7.81. The van der Waals surface area contributed by atoms with E-state index in [0.717, 1.165) is 5.56 Å². The topological polar surface area (TPSA) is 414 Å². The summed E-state index contributed by atoms with van der Waals surface area (Å²) in [6, 6.07) is 10.3. The van der Waals surface area contributed by atoms with E-state index in [1.165, 1.54) is 52.0 Å². The number of primary amides is 1. The number of rotatable bonds is 29. The van der Waals surface area contributed by atoms with E-state index in [1.807, 2.05) is 18.2 Å². The lowest BCUT2D eigenvalue weighted by Crippen LogP contribution is -2.64. The number of phenols is 1. The predicted molar refractivity (Wildman–Crippen MR) is 300 cm³/mol. The molecule has 0 aliphatic rings. The first-order chi connectivity index (χ1) is 36.7. The molecule has 24 nitrogen and oxygen atoms in total. The Labute approximate surface area is 462 Å². The highest BCUT2D eigenvalue weighted by Crippen LogP contribution is 2.22. The molecule has 4 aromatic rings. The van der Waals surface area contributed by atoms with Gasteiger partial charge >= 0.3 is 0 Å². The molecule has 0 unspecified atom stereocenters. The van der Waals surface area contributed by atoms with Gasteiger partial charge in [0.25, 0.3) is 0 Å². The maximum absolute atomic E-state index is 14.8. The van der Waals surface area contributed by atoms with Crippen LogP contribution in [0.4, 0.5) is 0 Å². The van der Waals surface area contributed by atoms with Crippen molar-refractivity contribution in [3.05, 3.63) is 102 Å². The van der Waals surface area contributed by atoms with Crippen LogP contribution in [0, 0.1) is 0 Å². The van der Waals surface area contributed by atoms with Gasteiger partial charge in [0.05, 0.1) is 18.2 Å². The van der Waals surface area contributed by atoms with Gasteiger partial charge in [-0.2, -0.15) is 25.3 Å². The minimum Gasteiger partial charge on any atom is -0.508 e. The summed E-state index contributed by atoms with van der Waals surface area (Å²) >= 11 is 8.77. The molecule has 26 heteroatoms. The van der Waals surface area contributed by atoms with Crippen molar-refractivity contribution in [2.75, 3.05) is 12.3 Å². The van der Waals surface area contributed by atoms with Crippen LogP contribution in [0.1, 0.15) is 70.1 Å². The molecule has 19 N–H and O–H groups in total. The number of para-hydroxylation sites is 1. The number of benzene rings is 3. The molecule has 0 fully saturated rings. The molecule has 0 radical (unpaired) electrons. The van der Waals surface area contributed by atoms with Crippen LogP contribution in [0.2, 0.25) is 0 Å². The van der Waals surface area contributed by atoms with E-state index >= 15 is 0 Å². The van der Waals surface area contributed by atoms with Crippen LogP contribution in [0.25, 0.3) is 10.9 Å². The zero-order valence-corrected chi connectivity index (χ0v) is 45.7. The van der Waals surface area contributed by atoms with Crippen molar-refractivity contribution in [2.24, 2.45) is 27.9 Å². The van der Waals surface area contributed by atoms with Gasteiger partial charge in [0, 0.05) is 52.9 Å². The van der Waals surface area contributed by atoms with Gasteiger partial charge in [-0.05, 0) is 75.4 Å². The van der Waals surface area contributed by atoms with Crippen LogP contribution >= 0.6 is 25.3 Å². The van der Waals surface area contributed by atoms with E-state index in [2.05, 4.69) is 72.5 Å². The number of H-pyrrole nitrogens is 1. The standard InChI is InChI=1S/C52H73N13O11S2/c1-26(30-12-7-6-8-13-30)39(53)48(74)62-38(25-77)47(73)60-36(22-29-17-19-32(68)20-18-29)45(71)61-37(23-31-24-58-34-15-10-9-14-33(31)34)46(72)59-35(16-11-21-57-51(55)56)44(70)64-41(28(3)67)49(75)65-42(52(4,5)78)50(76)63-40(27(2)66)43(54)69/h6-10,12-15,17-20,24,26-28,35-42,58,66-68,77-78H,11,16,21-23,25,53H2,1-5H3,(H2,54,69)(H,59,72)(H,60,73)(H,61,71)(H,62,74)(H,63,76)(H,64,70)(H,65,75)(H4,55,56,57)/t26-,27+,28+,35-,36-,37+,38-,39-,40-,41-,42+/m0/s1. The predicted octanol–water partition coefficient (Wildman–Crippen LogP) is -1.88. The number of carbonyl (C=O) groups excluding carboxylic acids is 8. The van der Waals surface area contributed by atoms with Crippen molar-refractivity contribution in [1.82, 2.24) is 42.2 Å². The number of aliphatic hydroxyl groups excluding tert-OH is 2. The zero-order valence-electron chi connectivity index (χ0n) is 43.9. The number of nitrogens with two attached hydrogens (primary N) is 4. The molecule has 0 aliphatic heterocycles. The van der Waals surface area contributed by atoms with Crippen LogP contribution in [0.3, 0.4) is 0 Å². The molecule has 0 saturated carbocycles. The number of fused-ring (bicyclic) bond motifs is 1. The van der Waals surface area contributed by atoms with Crippen LogP contribution < -0.4 is 60.2 Å². The molecule has 424 valence electrons. The van der Waals surface area contributed by atoms with Gasteiger partial charge in [0.1, 0.15) is 48.0 Å². The molecule has 4 rings (SSSR count). The van der Waals surface area contributed by atoms with Crippen LogP contribution in [-0.4, -0.2) is 151 Å². The summed E-state index contributed by atoms with van der Waals surface area (Å²) in [5, 5.41) is 49.6. The van der Waals surface area contributed by atoms with Gasteiger partial charge in [-0.3, -0.25) is 43.3 Å². The lowest BCUT2D eigenvalue weighted by Gasteiger charge is -2.33. The number of guanidine groups is 1. The van der Waals surface area contributed by atoms with Crippen molar-refractivity contribution >= 4 is 89.4 Å². The Hall–Kier alpha value is -7.39. The van der Waals surface area contributed by atoms with E-state index in [0.29, 0.717) is 22.0 Å². The summed E-state index contributed by atoms with van der Waals surface area (Å²) in [6.07, 6.45) is -1.90. The van der Waals surface area contributed by atoms with Gasteiger partial charge in [-0.1, -0.05) is 67.6 Å². The number of aliphatic hydroxyl groups is 2. The van der Waals surface area contributed by atoms with E-state index in [4.69, 9.17) is 22.9 Å². The fourth-order valence-corrected chi connectivity index (χ4v) is 8.61. The molecule has 0 saturated heterocycles. The van der Waals surface area contributed by atoms with E-state index in [-0.39, 0.29) is 49.7 Å². The Bertz CT molecular complexity index is 2740. The Morgan fingerprint density at radius 3 is 1.73 bits per heavy atom. The number of phenolic OH excluding ortho intramolecular Hbond substituents is 1. The fraction of sp³-hybridized carbons (Fsp3) is 0.442. The molecule has 8 amide bonds. The Morgan fingerprint density at radius 1 is 0.641 bits per heavy atom. The lowest BCUT2D eigenvalue weighted by molar-refractivity contribution is -0.137. The molecule has 1 aromatic heterocycles. The number of aromatic nitrogens is 1. The smallest absolute Gasteiger partial charge is 0.245 e. The summed E-state index contributed by atoms with van der Waals surface area (Å²) < 4.78 is -1.36. The number of thiol groups is 2. The number of hydrogen-bond donors (Lipinski definition) is 17.